The van der Waals surface area contributed by atoms with Gasteiger partial charge in [-0.05, 0) is 36.2 Å². The zero-order valence-corrected chi connectivity index (χ0v) is 13.4. The normalized spacial score (nSPS) is 12.1. The van der Waals surface area contributed by atoms with Crippen molar-refractivity contribution in [2.75, 3.05) is 19.4 Å². The number of para-hydroxylation sites is 1. The molecule has 1 heterocycles. The Morgan fingerprint density at radius 1 is 1.24 bits per heavy atom. The highest BCUT2D eigenvalue weighted by Crippen LogP contribution is 2.29. The van der Waals surface area contributed by atoms with E-state index in [2.05, 4.69) is 35.4 Å². The molecule has 0 saturated carbocycles. The fourth-order valence-corrected chi connectivity index (χ4v) is 3.04. The van der Waals surface area contributed by atoms with Crippen LogP contribution >= 0.6 is 11.8 Å². The molecule has 1 aromatic heterocycles. The minimum Gasteiger partial charge on any atom is -0.496 e. The first-order chi connectivity index (χ1) is 10.3. The van der Waals surface area contributed by atoms with Gasteiger partial charge in [-0.1, -0.05) is 25.1 Å². The van der Waals surface area contributed by atoms with E-state index >= 15 is 0 Å². The molecular formula is C17H22N2OS. The summed E-state index contributed by atoms with van der Waals surface area (Å²) >= 11 is 1.85. The average Bonchev–Trinajstić information content (AvgIpc) is 2.54. The molecule has 1 N–H and O–H groups in total. The van der Waals surface area contributed by atoms with Crippen molar-refractivity contribution in [3.63, 3.8) is 0 Å². The molecule has 1 aromatic carbocycles. The number of thioether (sulfide) groups is 1. The van der Waals surface area contributed by atoms with E-state index in [0.717, 1.165) is 24.6 Å². The van der Waals surface area contributed by atoms with Gasteiger partial charge in [0.25, 0.3) is 0 Å². The average molecular weight is 302 g/mol. The topological polar surface area (TPSA) is 34.1 Å². The SMILES string of the molecule is COc1ccccc1SCC(C)CNCc1cccnc1. The molecule has 0 bridgehead atoms. The maximum Gasteiger partial charge on any atom is 0.132 e. The fraction of sp³-hybridized carbons (Fsp3) is 0.353. The Morgan fingerprint density at radius 2 is 2.10 bits per heavy atom. The van der Waals surface area contributed by atoms with Crippen LogP contribution in [0, 0.1) is 5.92 Å². The van der Waals surface area contributed by atoms with Crippen LogP contribution in [0.5, 0.6) is 5.75 Å². The standard InChI is InChI=1S/C17H22N2OS/c1-14(10-19-12-15-6-5-9-18-11-15)13-21-17-8-4-3-7-16(17)20-2/h3-9,11,14,19H,10,12-13H2,1-2H3. The molecule has 21 heavy (non-hydrogen) atoms. The van der Waals surface area contributed by atoms with Crippen molar-refractivity contribution in [2.45, 2.75) is 18.4 Å². The van der Waals surface area contributed by atoms with Crippen LogP contribution in [-0.2, 0) is 6.54 Å². The van der Waals surface area contributed by atoms with Crippen LogP contribution in [0.1, 0.15) is 12.5 Å². The second-order valence-electron chi connectivity index (χ2n) is 5.06. The lowest BCUT2D eigenvalue weighted by molar-refractivity contribution is 0.404. The molecule has 0 spiro atoms. The number of benzene rings is 1. The number of aromatic nitrogens is 1. The van der Waals surface area contributed by atoms with Gasteiger partial charge in [0.2, 0.25) is 0 Å². The Morgan fingerprint density at radius 3 is 2.86 bits per heavy atom. The number of rotatable bonds is 8. The molecular weight excluding hydrogens is 280 g/mol. The molecule has 3 nitrogen and oxygen atoms in total. The number of ether oxygens (including phenoxy) is 1. The maximum atomic E-state index is 5.37. The van der Waals surface area contributed by atoms with Gasteiger partial charge in [0, 0.05) is 29.6 Å². The lowest BCUT2D eigenvalue weighted by atomic mass is 10.2. The van der Waals surface area contributed by atoms with Gasteiger partial charge in [-0.2, -0.15) is 0 Å². The summed E-state index contributed by atoms with van der Waals surface area (Å²) in [6.45, 7) is 4.13. The first-order valence-electron chi connectivity index (χ1n) is 7.15. The highest BCUT2D eigenvalue weighted by atomic mass is 32.2. The van der Waals surface area contributed by atoms with E-state index < -0.39 is 0 Å². The lowest BCUT2D eigenvalue weighted by Crippen LogP contribution is -2.22. The van der Waals surface area contributed by atoms with Gasteiger partial charge in [-0.25, -0.2) is 0 Å². The maximum absolute atomic E-state index is 5.37. The second-order valence-corrected chi connectivity index (χ2v) is 6.12. The first-order valence-corrected chi connectivity index (χ1v) is 8.13. The summed E-state index contributed by atoms with van der Waals surface area (Å²) in [6, 6.07) is 12.2. The summed E-state index contributed by atoms with van der Waals surface area (Å²) in [5, 5.41) is 3.48. The highest BCUT2D eigenvalue weighted by Gasteiger charge is 2.06. The predicted octanol–water partition coefficient (Wildman–Crippen LogP) is 3.61. The van der Waals surface area contributed by atoms with Crippen molar-refractivity contribution in [3.05, 3.63) is 54.4 Å². The highest BCUT2D eigenvalue weighted by molar-refractivity contribution is 7.99. The molecule has 1 atom stereocenters. The third-order valence-electron chi connectivity index (χ3n) is 3.14. The van der Waals surface area contributed by atoms with Gasteiger partial charge >= 0.3 is 0 Å². The summed E-state index contributed by atoms with van der Waals surface area (Å²) < 4.78 is 5.37. The van der Waals surface area contributed by atoms with Gasteiger partial charge < -0.3 is 10.1 Å². The molecule has 0 amide bonds. The van der Waals surface area contributed by atoms with Crippen LogP contribution in [-0.4, -0.2) is 24.4 Å². The molecule has 0 radical (unpaired) electrons. The van der Waals surface area contributed by atoms with Crippen molar-refractivity contribution in [1.82, 2.24) is 10.3 Å². The molecule has 0 saturated heterocycles. The first kappa shape index (κ1) is 15.9. The number of nitrogens with one attached hydrogen (secondary N) is 1. The quantitative estimate of drug-likeness (QED) is 0.755. The van der Waals surface area contributed by atoms with E-state index in [4.69, 9.17) is 4.74 Å². The third kappa shape index (κ3) is 5.40. The van der Waals surface area contributed by atoms with Gasteiger partial charge in [0.1, 0.15) is 5.75 Å². The van der Waals surface area contributed by atoms with Gasteiger partial charge in [0.15, 0.2) is 0 Å². The van der Waals surface area contributed by atoms with Crippen LogP contribution in [0.2, 0.25) is 0 Å². The van der Waals surface area contributed by atoms with Crippen LogP contribution in [0.3, 0.4) is 0 Å². The summed E-state index contributed by atoms with van der Waals surface area (Å²) in [7, 11) is 1.72. The van der Waals surface area contributed by atoms with E-state index in [0.29, 0.717) is 5.92 Å². The van der Waals surface area contributed by atoms with Crippen LogP contribution in [0.4, 0.5) is 0 Å². The predicted molar refractivity (Wildman–Crippen MR) is 88.8 cm³/mol. The van der Waals surface area contributed by atoms with Gasteiger partial charge in [-0.3, -0.25) is 4.98 Å². The van der Waals surface area contributed by atoms with Gasteiger partial charge in [0.05, 0.1) is 7.11 Å². The fourth-order valence-electron chi connectivity index (χ4n) is 1.99. The molecule has 0 aliphatic heterocycles. The Hall–Kier alpha value is -1.52. The van der Waals surface area contributed by atoms with E-state index in [1.165, 1.54) is 10.5 Å². The minimum absolute atomic E-state index is 0.594. The van der Waals surface area contributed by atoms with Crippen molar-refractivity contribution in [3.8, 4) is 5.75 Å². The largest absolute Gasteiger partial charge is 0.496 e. The smallest absolute Gasteiger partial charge is 0.132 e. The van der Waals surface area contributed by atoms with Crippen LogP contribution in [0.15, 0.2) is 53.7 Å². The Balaban J connectivity index is 1.71. The number of hydrogen-bond donors (Lipinski definition) is 1. The number of nitrogens with zero attached hydrogens (tertiary/aromatic N) is 1. The Bertz CT molecular complexity index is 533. The molecule has 1 unspecified atom stereocenters. The summed E-state index contributed by atoms with van der Waals surface area (Å²) in [4.78, 5) is 5.33. The molecule has 0 aliphatic rings. The van der Waals surface area contributed by atoms with Crippen molar-refractivity contribution < 1.29 is 4.74 Å². The molecule has 0 aliphatic carbocycles. The zero-order chi connectivity index (χ0) is 14.9. The van der Waals surface area contributed by atoms with E-state index in [1.807, 2.05) is 36.2 Å². The van der Waals surface area contributed by atoms with E-state index in [-0.39, 0.29) is 0 Å². The lowest BCUT2D eigenvalue weighted by Gasteiger charge is -2.13. The summed E-state index contributed by atoms with van der Waals surface area (Å²) in [5.74, 6) is 2.62. The Labute approximate surface area is 131 Å². The number of pyridine rings is 1. The minimum atomic E-state index is 0.594. The molecule has 4 heteroatoms. The second kappa shape index (κ2) is 8.70. The number of methoxy groups -OCH3 is 1. The number of hydrogen-bond acceptors (Lipinski definition) is 4. The third-order valence-corrected chi connectivity index (χ3v) is 4.52. The van der Waals surface area contributed by atoms with E-state index in [1.54, 1.807) is 13.3 Å². The summed E-state index contributed by atoms with van der Waals surface area (Å²) in [6.07, 6.45) is 3.71. The Kier molecular flexibility index (Phi) is 6.57. The zero-order valence-electron chi connectivity index (χ0n) is 12.6. The monoisotopic (exact) mass is 302 g/mol. The van der Waals surface area contributed by atoms with E-state index in [9.17, 15) is 0 Å². The molecule has 0 fully saturated rings. The van der Waals surface area contributed by atoms with Crippen LogP contribution in [0.25, 0.3) is 0 Å². The molecule has 2 aromatic rings. The van der Waals surface area contributed by atoms with Crippen molar-refractivity contribution >= 4 is 11.8 Å². The van der Waals surface area contributed by atoms with Crippen molar-refractivity contribution in [1.29, 1.82) is 0 Å². The summed E-state index contributed by atoms with van der Waals surface area (Å²) in [5.41, 5.74) is 1.22. The van der Waals surface area contributed by atoms with Crippen molar-refractivity contribution in [2.24, 2.45) is 5.92 Å². The molecule has 112 valence electrons. The van der Waals surface area contributed by atoms with Crippen LogP contribution < -0.4 is 10.1 Å². The van der Waals surface area contributed by atoms with Gasteiger partial charge in [-0.15, -0.1) is 11.8 Å². The molecule has 2 rings (SSSR count).